The predicted octanol–water partition coefficient (Wildman–Crippen LogP) is 2.82. The van der Waals surface area contributed by atoms with Gasteiger partial charge in [0.2, 0.25) is 5.91 Å². The van der Waals surface area contributed by atoms with Gasteiger partial charge in [0.15, 0.2) is 0 Å². The summed E-state index contributed by atoms with van der Waals surface area (Å²) < 4.78 is 0. The number of carbonyl (C=O) groups excluding carboxylic acids is 1. The molecule has 3 fully saturated rings. The van der Waals surface area contributed by atoms with E-state index in [0.29, 0.717) is 11.8 Å². The van der Waals surface area contributed by atoms with Gasteiger partial charge in [0, 0.05) is 38.8 Å². The van der Waals surface area contributed by atoms with Crippen LogP contribution in [0.25, 0.3) is 11.0 Å². The number of amides is 1. The summed E-state index contributed by atoms with van der Waals surface area (Å²) in [6.45, 7) is 3.99. The van der Waals surface area contributed by atoms with Gasteiger partial charge < -0.3 is 14.8 Å². The van der Waals surface area contributed by atoms with Crippen molar-refractivity contribution in [2.45, 2.75) is 38.5 Å². The fourth-order valence-corrected chi connectivity index (χ4v) is 5.27. The molecule has 0 bridgehead atoms. The molecule has 0 aromatic carbocycles. The second-order valence-corrected chi connectivity index (χ2v) is 8.32. The number of H-pyrrole nitrogens is 1. The van der Waals surface area contributed by atoms with Crippen LogP contribution < -0.4 is 4.90 Å². The summed E-state index contributed by atoms with van der Waals surface area (Å²) in [7, 11) is 0. The molecule has 2 aliphatic heterocycles. The van der Waals surface area contributed by atoms with Crippen LogP contribution in [0.1, 0.15) is 38.5 Å². The van der Waals surface area contributed by atoms with Crippen molar-refractivity contribution in [2.75, 3.05) is 31.1 Å². The molecule has 138 valence electrons. The fourth-order valence-electron chi connectivity index (χ4n) is 5.27. The molecule has 2 aromatic heterocycles. The number of hydrogen-bond donors (Lipinski definition) is 1. The van der Waals surface area contributed by atoms with Gasteiger partial charge in [0.1, 0.15) is 17.8 Å². The highest BCUT2D eigenvalue weighted by atomic mass is 16.2. The van der Waals surface area contributed by atoms with Crippen LogP contribution in [0.2, 0.25) is 0 Å². The molecule has 26 heavy (non-hydrogen) atoms. The first-order chi connectivity index (χ1) is 12.8. The molecule has 1 aliphatic carbocycles. The molecule has 2 aromatic rings. The third kappa shape index (κ3) is 2.85. The number of hydrogen-bond acceptors (Lipinski definition) is 4. The number of anilines is 1. The normalized spacial score (nSPS) is 26.6. The largest absolute Gasteiger partial charge is 0.356 e. The molecule has 5 rings (SSSR count). The van der Waals surface area contributed by atoms with Gasteiger partial charge in [-0.15, -0.1) is 0 Å². The Morgan fingerprint density at radius 3 is 2.65 bits per heavy atom. The smallest absolute Gasteiger partial charge is 0.222 e. The molecule has 6 heteroatoms. The highest BCUT2D eigenvalue weighted by molar-refractivity contribution is 5.87. The Kier molecular flexibility index (Phi) is 4.06. The van der Waals surface area contributed by atoms with Crippen molar-refractivity contribution < 1.29 is 4.79 Å². The lowest BCUT2D eigenvalue weighted by Crippen LogP contribution is -2.37. The first kappa shape index (κ1) is 16.1. The SMILES string of the molecule is O=C(CC1CCN(c2ncnc3[nH]ccc23)CC1)N1CC2CCCC2C1. The van der Waals surface area contributed by atoms with E-state index in [0.717, 1.165) is 74.1 Å². The maximum absolute atomic E-state index is 12.7. The number of nitrogens with one attached hydrogen (secondary N) is 1. The molecule has 1 saturated carbocycles. The highest BCUT2D eigenvalue weighted by Crippen LogP contribution is 2.38. The van der Waals surface area contributed by atoms with Crippen LogP contribution in [0.15, 0.2) is 18.6 Å². The number of nitrogens with zero attached hydrogens (tertiary/aromatic N) is 4. The Bertz CT molecular complexity index is 782. The molecule has 0 spiro atoms. The van der Waals surface area contributed by atoms with Crippen LogP contribution in [-0.2, 0) is 4.79 Å². The number of likely N-dealkylation sites (tertiary alicyclic amines) is 1. The van der Waals surface area contributed by atoms with E-state index >= 15 is 0 Å². The number of fused-ring (bicyclic) bond motifs is 2. The van der Waals surface area contributed by atoms with Gasteiger partial charge in [0.05, 0.1) is 5.39 Å². The van der Waals surface area contributed by atoms with Crippen LogP contribution in [0.4, 0.5) is 5.82 Å². The summed E-state index contributed by atoms with van der Waals surface area (Å²) >= 11 is 0. The Morgan fingerprint density at radius 1 is 1.12 bits per heavy atom. The molecule has 1 N–H and O–H groups in total. The van der Waals surface area contributed by atoms with Crippen LogP contribution in [0.3, 0.4) is 0 Å². The van der Waals surface area contributed by atoms with E-state index in [9.17, 15) is 4.79 Å². The van der Waals surface area contributed by atoms with Crippen LogP contribution >= 0.6 is 0 Å². The molecule has 2 unspecified atom stereocenters. The zero-order valence-electron chi connectivity index (χ0n) is 15.2. The van der Waals surface area contributed by atoms with Gasteiger partial charge in [-0.25, -0.2) is 9.97 Å². The maximum Gasteiger partial charge on any atom is 0.222 e. The van der Waals surface area contributed by atoms with E-state index < -0.39 is 0 Å². The van der Waals surface area contributed by atoms with Crippen molar-refractivity contribution >= 4 is 22.8 Å². The van der Waals surface area contributed by atoms with Gasteiger partial charge in [-0.1, -0.05) is 6.42 Å². The molecule has 2 atom stereocenters. The Hall–Kier alpha value is -2.11. The van der Waals surface area contributed by atoms with E-state index in [1.54, 1.807) is 6.33 Å². The minimum atomic E-state index is 0.396. The summed E-state index contributed by atoms with van der Waals surface area (Å²) in [6.07, 6.45) is 10.5. The van der Waals surface area contributed by atoms with E-state index in [1.165, 1.54) is 19.3 Å². The summed E-state index contributed by atoms with van der Waals surface area (Å²) in [6, 6.07) is 2.05. The van der Waals surface area contributed by atoms with Gasteiger partial charge in [-0.3, -0.25) is 4.79 Å². The maximum atomic E-state index is 12.7. The standard InChI is InChI=1S/C20H27N5O/c26-18(25-11-15-2-1-3-16(15)12-25)10-14-5-8-24(9-6-14)20-17-4-7-21-19(17)22-13-23-20/h4,7,13-16H,1-3,5-6,8-12H2,(H,21,22,23). The fraction of sp³-hybridized carbons (Fsp3) is 0.650. The molecular weight excluding hydrogens is 326 g/mol. The molecule has 3 aliphatic rings. The molecule has 6 nitrogen and oxygen atoms in total. The van der Waals surface area contributed by atoms with Crippen LogP contribution in [-0.4, -0.2) is 51.9 Å². The number of piperidine rings is 1. The number of carbonyl (C=O) groups is 1. The van der Waals surface area contributed by atoms with Crippen LogP contribution in [0.5, 0.6) is 0 Å². The van der Waals surface area contributed by atoms with Gasteiger partial charge in [0.25, 0.3) is 0 Å². The minimum absolute atomic E-state index is 0.396. The van der Waals surface area contributed by atoms with Crippen LogP contribution in [0, 0.1) is 17.8 Å². The van der Waals surface area contributed by atoms with Crippen molar-refractivity contribution in [3.63, 3.8) is 0 Å². The molecule has 0 radical (unpaired) electrons. The zero-order chi connectivity index (χ0) is 17.5. The Labute approximate surface area is 154 Å². The lowest BCUT2D eigenvalue weighted by Gasteiger charge is -2.33. The molecule has 1 amide bonds. The minimum Gasteiger partial charge on any atom is -0.356 e. The predicted molar refractivity (Wildman–Crippen MR) is 101 cm³/mol. The van der Waals surface area contributed by atoms with Crippen molar-refractivity contribution in [3.05, 3.63) is 18.6 Å². The topological polar surface area (TPSA) is 65.1 Å². The molecular formula is C20H27N5O. The number of aromatic amines is 1. The van der Waals surface area contributed by atoms with Gasteiger partial charge >= 0.3 is 0 Å². The second-order valence-electron chi connectivity index (χ2n) is 8.32. The summed E-state index contributed by atoms with van der Waals surface area (Å²) in [5.74, 6) is 3.52. The quantitative estimate of drug-likeness (QED) is 0.921. The molecule has 4 heterocycles. The van der Waals surface area contributed by atoms with Crippen molar-refractivity contribution in [1.29, 1.82) is 0 Å². The number of rotatable bonds is 3. The molecule has 2 saturated heterocycles. The van der Waals surface area contributed by atoms with Crippen molar-refractivity contribution in [1.82, 2.24) is 19.9 Å². The second kappa shape index (κ2) is 6.56. The summed E-state index contributed by atoms with van der Waals surface area (Å²) in [5, 5.41) is 1.09. The third-order valence-corrected chi connectivity index (χ3v) is 6.79. The van der Waals surface area contributed by atoms with Crippen molar-refractivity contribution in [2.24, 2.45) is 17.8 Å². The average Bonchev–Trinajstić information content (AvgIpc) is 3.37. The highest BCUT2D eigenvalue weighted by Gasteiger charge is 2.38. The summed E-state index contributed by atoms with van der Waals surface area (Å²) in [5.41, 5.74) is 0.895. The average molecular weight is 353 g/mol. The Morgan fingerprint density at radius 2 is 1.88 bits per heavy atom. The van der Waals surface area contributed by atoms with E-state index in [2.05, 4.69) is 24.8 Å². The first-order valence-corrected chi connectivity index (χ1v) is 10.1. The van der Waals surface area contributed by atoms with E-state index in [1.807, 2.05) is 12.3 Å². The number of aromatic nitrogens is 3. The Balaban J connectivity index is 1.17. The monoisotopic (exact) mass is 353 g/mol. The van der Waals surface area contributed by atoms with E-state index in [-0.39, 0.29) is 0 Å². The first-order valence-electron chi connectivity index (χ1n) is 10.1. The van der Waals surface area contributed by atoms with E-state index in [4.69, 9.17) is 0 Å². The van der Waals surface area contributed by atoms with Gasteiger partial charge in [-0.05, 0) is 49.5 Å². The van der Waals surface area contributed by atoms with Gasteiger partial charge in [-0.2, -0.15) is 0 Å². The summed E-state index contributed by atoms with van der Waals surface area (Å²) in [4.78, 5) is 29.2. The lowest BCUT2D eigenvalue weighted by molar-refractivity contribution is -0.131. The zero-order valence-corrected chi connectivity index (χ0v) is 15.2. The van der Waals surface area contributed by atoms with Crippen molar-refractivity contribution in [3.8, 4) is 0 Å². The third-order valence-electron chi connectivity index (χ3n) is 6.79. The lowest BCUT2D eigenvalue weighted by atomic mass is 9.93.